The summed E-state index contributed by atoms with van der Waals surface area (Å²) in [5, 5.41) is 9.00. The number of sulfonamides is 1. The van der Waals surface area contributed by atoms with Crippen LogP contribution in [0, 0.1) is 5.82 Å². The van der Waals surface area contributed by atoms with Gasteiger partial charge in [0, 0.05) is 6.54 Å². The third kappa shape index (κ3) is 6.11. The van der Waals surface area contributed by atoms with Crippen LogP contribution < -0.4 is 4.72 Å². The van der Waals surface area contributed by atoms with E-state index in [0.29, 0.717) is 12.1 Å². The lowest BCUT2D eigenvalue weighted by molar-refractivity contribution is 0.281. The summed E-state index contributed by atoms with van der Waals surface area (Å²) in [4.78, 5) is -0.403. The monoisotopic (exact) mass is 317 g/mol. The normalized spacial score (nSPS) is 11.8. The van der Waals surface area contributed by atoms with Crippen molar-refractivity contribution in [2.24, 2.45) is 0 Å². The first-order valence-electron chi connectivity index (χ1n) is 7.40. The zero-order chi connectivity index (χ0) is 15.7. The van der Waals surface area contributed by atoms with Crippen LogP contribution in [-0.4, -0.2) is 20.1 Å². The zero-order valence-corrected chi connectivity index (χ0v) is 13.3. The maximum absolute atomic E-state index is 13.6. The van der Waals surface area contributed by atoms with Crippen LogP contribution in [0.25, 0.3) is 0 Å². The van der Waals surface area contributed by atoms with Gasteiger partial charge in [-0.05, 0) is 24.1 Å². The largest absolute Gasteiger partial charge is 0.392 e. The lowest BCUT2D eigenvalue weighted by atomic mass is 10.1. The molecule has 0 aromatic heterocycles. The van der Waals surface area contributed by atoms with E-state index in [2.05, 4.69) is 11.6 Å². The van der Waals surface area contributed by atoms with Crippen LogP contribution >= 0.6 is 0 Å². The molecule has 6 heteroatoms. The van der Waals surface area contributed by atoms with Crippen molar-refractivity contribution in [3.8, 4) is 0 Å². The van der Waals surface area contributed by atoms with Gasteiger partial charge in [0.25, 0.3) is 0 Å². The van der Waals surface area contributed by atoms with Gasteiger partial charge in [-0.25, -0.2) is 17.5 Å². The Morgan fingerprint density at radius 3 is 2.48 bits per heavy atom. The molecule has 4 nitrogen and oxygen atoms in total. The highest BCUT2D eigenvalue weighted by Crippen LogP contribution is 2.16. The first-order chi connectivity index (χ1) is 10.0. The summed E-state index contributed by atoms with van der Waals surface area (Å²) in [7, 11) is -3.86. The summed E-state index contributed by atoms with van der Waals surface area (Å²) in [6.07, 6.45) is 6.32. The summed E-state index contributed by atoms with van der Waals surface area (Å²) in [5.41, 5.74) is 0.372. The van der Waals surface area contributed by atoms with Crippen molar-refractivity contribution in [3.63, 3.8) is 0 Å². The maximum Gasteiger partial charge on any atom is 0.243 e. The lowest BCUT2D eigenvalue weighted by Crippen LogP contribution is -2.25. The average molecular weight is 317 g/mol. The fourth-order valence-electron chi connectivity index (χ4n) is 2.04. The number of hydrogen-bond donors (Lipinski definition) is 2. The molecule has 21 heavy (non-hydrogen) atoms. The second kappa shape index (κ2) is 9.12. The van der Waals surface area contributed by atoms with Crippen molar-refractivity contribution >= 4 is 10.0 Å². The van der Waals surface area contributed by atoms with Crippen LogP contribution in [0.5, 0.6) is 0 Å². The van der Waals surface area contributed by atoms with Crippen LogP contribution in [0.4, 0.5) is 4.39 Å². The summed E-state index contributed by atoms with van der Waals surface area (Å²) in [6.45, 7) is 2.13. The van der Waals surface area contributed by atoms with Crippen molar-refractivity contribution in [3.05, 3.63) is 29.6 Å². The topological polar surface area (TPSA) is 66.4 Å². The van der Waals surface area contributed by atoms with Gasteiger partial charge < -0.3 is 5.11 Å². The summed E-state index contributed by atoms with van der Waals surface area (Å²) < 4.78 is 40.1. The number of aliphatic hydroxyl groups is 1. The highest BCUT2D eigenvalue weighted by atomic mass is 32.2. The molecule has 1 aromatic carbocycles. The molecule has 0 radical (unpaired) electrons. The number of benzene rings is 1. The highest BCUT2D eigenvalue weighted by Gasteiger charge is 2.18. The van der Waals surface area contributed by atoms with E-state index in [1.54, 1.807) is 0 Å². The lowest BCUT2D eigenvalue weighted by Gasteiger charge is -2.09. The van der Waals surface area contributed by atoms with Crippen molar-refractivity contribution in [1.29, 1.82) is 0 Å². The molecule has 0 aliphatic rings. The van der Waals surface area contributed by atoms with E-state index in [9.17, 15) is 12.8 Å². The molecule has 1 aromatic rings. The minimum Gasteiger partial charge on any atom is -0.392 e. The zero-order valence-electron chi connectivity index (χ0n) is 12.4. The Morgan fingerprint density at radius 1 is 1.14 bits per heavy atom. The fraction of sp³-hybridized carbons (Fsp3) is 0.600. The van der Waals surface area contributed by atoms with E-state index < -0.39 is 20.7 Å². The number of aliphatic hydroxyl groups excluding tert-OH is 1. The Labute approximate surface area is 126 Å². The van der Waals surface area contributed by atoms with Gasteiger partial charge in [0.1, 0.15) is 10.7 Å². The maximum atomic E-state index is 13.6. The molecule has 2 N–H and O–H groups in total. The van der Waals surface area contributed by atoms with E-state index in [-0.39, 0.29) is 6.61 Å². The molecular formula is C15H24FNO3S. The predicted octanol–water partition coefficient (Wildman–Crippen LogP) is 2.96. The van der Waals surface area contributed by atoms with Gasteiger partial charge in [-0.15, -0.1) is 0 Å². The van der Waals surface area contributed by atoms with Gasteiger partial charge in [-0.3, -0.25) is 0 Å². The first kappa shape index (κ1) is 18.1. The van der Waals surface area contributed by atoms with Crippen LogP contribution in [0.15, 0.2) is 23.1 Å². The molecule has 1 rings (SSSR count). The van der Waals surface area contributed by atoms with Crippen LogP contribution in [0.2, 0.25) is 0 Å². The van der Waals surface area contributed by atoms with Crippen molar-refractivity contribution < 1.29 is 17.9 Å². The standard InChI is InChI=1S/C15H24FNO3S/c1-2-3-4-5-6-7-10-17-21(19,20)15-11-13(12-18)8-9-14(15)16/h8-9,11,17-18H,2-7,10,12H2,1H3. The molecule has 0 unspecified atom stereocenters. The average Bonchev–Trinajstić information content (AvgIpc) is 2.46. The SMILES string of the molecule is CCCCCCCCNS(=O)(=O)c1cc(CO)ccc1F. The minimum absolute atomic E-state index is 0.303. The van der Waals surface area contributed by atoms with E-state index in [1.807, 2.05) is 0 Å². The molecule has 0 spiro atoms. The van der Waals surface area contributed by atoms with Gasteiger partial charge in [-0.2, -0.15) is 0 Å². The molecule has 0 heterocycles. The van der Waals surface area contributed by atoms with Gasteiger partial charge in [-0.1, -0.05) is 45.1 Å². The Morgan fingerprint density at radius 2 is 1.81 bits per heavy atom. The highest BCUT2D eigenvalue weighted by molar-refractivity contribution is 7.89. The molecule has 0 atom stereocenters. The Hall–Kier alpha value is -0.980. The molecule has 0 saturated heterocycles. The summed E-state index contributed by atoms with van der Waals surface area (Å²) in [6, 6.07) is 3.59. The first-order valence-corrected chi connectivity index (χ1v) is 8.88. The molecule has 0 saturated carbocycles. The van der Waals surface area contributed by atoms with Gasteiger partial charge in [0.05, 0.1) is 6.61 Å². The molecule has 120 valence electrons. The number of rotatable bonds is 10. The minimum atomic E-state index is -3.86. The smallest absolute Gasteiger partial charge is 0.243 e. The number of nitrogens with one attached hydrogen (secondary N) is 1. The second-order valence-corrected chi connectivity index (χ2v) is 6.82. The number of halogens is 1. The molecule has 0 aliphatic carbocycles. The van der Waals surface area contributed by atoms with E-state index in [0.717, 1.165) is 31.7 Å². The molecule has 0 fully saturated rings. The van der Waals surface area contributed by atoms with Crippen LogP contribution in [0.1, 0.15) is 51.0 Å². The third-order valence-electron chi connectivity index (χ3n) is 3.29. The van der Waals surface area contributed by atoms with Gasteiger partial charge in [0.15, 0.2) is 0 Å². The van der Waals surface area contributed by atoms with Crippen LogP contribution in [-0.2, 0) is 16.6 Å². The second-order valence-electron chi connectivity index (χ2n) is 5.09. The van der Waals surface area contributed by atoms with Crippen LogP contribution in [0.3, 0.4) is 0 Å². The molecule has 0 amide bonds. The summed E-state index contributed by atoms with van der Waals surface area (Å²) in [5.74, 6) is -0.803. The molecule has 0 aliphatic heterocycles. The van der Waals surface area contributed by atoms with Crippen molar-refractivity contribution in [2.45, 2.75) is 57.0 Å². The van der Waals surface area contributed by atoms with Gasteiger partial charge >= 0.3 is 0 Å². The predicted molar refractivity (Wildman–Crippen MR) is 80.9 cm³/mol. The van der Waals surface area contributed by atoms with Crippen molar-refractivity contribution in [1.82, 2.24) is 4.72 Å². The van der Waals surface area contributed by atoms with E-state index in [1.165, 1.54) is 25.0 Å². The van der Waals surface area contributed by atoms with Gasteiger partial charge in [0.2, 0.25) is 10.0 Å². The Bertz CT molecular complexity index is 532. The Kier molecular flexibility index (Phi) is 7.85. The third-order valence-corrected chi connectivity index (χ3v) is 4.77. The number of unbranched alkanes of at least 4 members (excludes halogenated alkanes) is 5. The fourth-order valence-corrected chi connectivity index (χ4v) is 3.24. The Balaban J connectivity index is 2.50. The van der Waals surface area contributed by atoms with E-state index >= 15 is 0 Å². The number of hydrogen-bond acceptors (Lipinski definition) is 3. The van der Waals surface area contributed by atoms with E-state index in [4.69, 9.17) is 5.11 Å². The summed E-state index contributed by atoms with van der Waals surface area (Å²) >= 11 is 0. The van der Waals surface area contributed by atoms with Crippen molar-refractivity contribution in [2.75, 3.05) is 6.54 Å². The quantitative estimate of drug-likeness (QED) is 0.652. The molecule has 0 bridgehead atoms. The molecular weight excluding hydrogens is 293 g/mol.